The molecule has 2 heterocycles. The molecule has 184 valence electrons. The second-order valence-electron chi connectivity index (χ2n) is 9.17. The lowest BCUT2D eigenvalue weighted by Crippen LogP contribution is -2.32. The SMILES string of the molecule is C=CCOc1ccc(C2c3c(oc4cc(C)c(C)cc4c3=O)C(=O)N2CCCN(C)C)cc1OC. The normalized spacial score (nSPS) is 15.1. The summed E-state index contributed by atoms with van der Waals surface area (Å²) < 4.78 is 17.4. The van der Waals surface area contributed by atoms with Crippen molar-refractivity contribution in [1.82, 2.24) is 9.80 Å². The molecule has 0 N–H and O–H groups in total. The van der Waals surface area contributed by atoms with Gasteiger partial charge in [-0.2, -0.15) is 0 Å². The van der Waals surface area contributed by atoms with Gasteiger partial charge in [0.05, 0.1) is 24.1 Å². The van der Waals surface area contributed by atoms with Gasteiger partial charge < -0.3 is 23.7 Å². The van der Waals surface area contributed by atoms with Gasteiger partial charge in [-0.25, -0.2) is 0 Å². The molecule has 0 saturated heterocycles. The molecule has 0 radical (unpaired) electrons. The zero-order chi connectivity index (χ0) is 25.3. The van der Waals surface area contributed by atoms with Crippen LogP contribution in [0.4, 0.5) is 0 Å². The topological polar surface area (TPSA) is 72.2 Å². The fourth-order valence-corrected chi connectivity index (χ4v) is 4.53. The maximum Gasteiger partial charge on any atom is 0.290 e. The summed E-state index contributed by atoms with van der Waals surface area (Å²) in [5.41, 5.74) is 3.40. The van der Waals surface area contributed by atoms with Crippen LogP contribution < -0.4 is 14.9 Å². The molecule has 2 aromatic carbocycles. The van der Waals surface area contributed by atoms with E-state index in [1.165, 1.54) is 0 Å². The van der Waals surface area contributed by atoms with Gasteiger partial charge in [-0.3, -0.25) is 9.59 Å². The number of carbonyl (C=O) groups excluding carboxylic acids is 1. The minimum Gasteiger partial charge on any atom is -0.493 e. The average molecular weight is 477 g/mol. The minimum atomic E-state index is -0.579. The monoisotopic (exact) mass is 476 g/mol. The Kier molecular flexibility index (Phi) is 6.98. The highest BCUT2D eigenvalue weighted by atomic mass is 16.5. The van der Waals surface area contributed by atoms with Crippen molar-refractivity contribution in [1.29, 1.82) is 0 Å². The van der Waals surface area contributed by atoms with E-state index in [4.69, 9.17) is 13.9 Å². The molecule has 1 atom stereocenters. The lowest BCUT2D eigenvalue weighted by molar-refractivity contribution is 0.0722. The summed E-state index contributed by atoms with van der Waals surface area (Å²) in [7, 11) is 5.55. The van der Waals surface area contributed by atoms with E-state index in [1.807, 2.05) is 52.2 Å². The third-order valence-corrected chi connectivity index (χ3v) is 6.45. The lowest BCUT2D eigenvalue weighted by Gasteiger charge is -2.26. The van der Waals surface area contributed by atoms with Gasteiger partial charge in [0.1, 0.15) is 12.2 Å². The van der Waals surface area contributed by atoms with Crippen molar-refractivity contribution in [3.05, 3.63) is 81.2 Å². The van der Waals surface area contributed by atoms with Gasteiger partial charge in [0.15, 0.2) is 16.9 Å². The Labute approximate surface area is 205 Å². The molecule has 0 aliphatic carbocycles. The van der Waals surface area contributed by atoms with Crippen LogP contribution in [0.15, 0.2) is 52.2 Å². The zero-order valence-corrected chi connectivity index (χ0v) is 21.0. The molecule has 0 fully saturated rings. The van der Waals surface area contributed by atoms with E-state index in [9.17, 15) is 9.59 Å². The molecule has 4 rings (SSSR count). The smallest absolute Gasteiger partial charge is 0.290 e. The Balaban J connectivity index is 1.88. The summed E-state index contributed by atoms with van der Waals surface area (Å²) in [5, 5.41) is 0.484. The second kappa shape index (κ2) is 9.96. The van der Waals surface area contributed by atoms with Crippen LogP contribution in [-0.4, -0.2) is 56.6 Å². The zero-order valence-electron chi connectivity index (χ0n) is 21.0. The third kappa shape index (κ3) is 4.56. The van der Waals surface area contributed by atoms with Crippen LogP contribution >= 0.6 is 0 Å². The number of ether oxygens (including phenoxy) is 2. The highest BCUT2D eigenvalue weighted by molar-refractivity contribution is 5.99. The van der Waals surface area contributed by atoms with Gasteiger partial charge >= 0.3 is 0 Å². The molecule has 1 aliphatic heterocycles. The van der Waals surface area contributed by atoms with Crippen molar-refractivity contribution in [3.63, 3.8) is 0 Å². The summed E-state index contributed by atoms with van der Waals surface area (Å²) >= 11 is 0. The van der Waals surface area contributed by atoms with Gasteiger partial charge in [0.2, 0.25) is 5.76 Å². The molecule has 1 amide bonds. The molecule has 7 heteroatoms. The van der Waals surface area contributed by atoms with Crippen molar-refractivity contribution in [2.75, 3.05) is 40.9 Å². The molecule has 0 saturated carbocycles. The Hall–Kier alpha value is -3.58. The highest BCUT2D eigenvalue weighted by Crippen LogP contribution is 2.41. The van der Waals surface area contributed by atoms with Crippen LogP contribution in [0.3, 0.4) is 0 Å². The van der Waals surface area contributed by atoms with E-state index in [0.717, 1.165) is 29.7 Å². The van der Waals surface area contributed by atoms with Crippen LogP contribution in [0, 0.1) is 13.8 Å². The number of rotatable bonds is 9. The number of hydrogen-bond donors (Lipinski definition) is 0. The van der Waals surface area contributed by atoms with Gasteiger partial charge in [-0.15, -0.1) is 0 Å². The summed E-state index contributed by atoms with van der Waals surface area (Å²) in [5.74, 6) is 0.935. The number of nitrogens with zero attached hydrogens (tertiary/aromatic N) is 2. The van der Waals surface area contributed by atoms with Crippen molar-refractivity contribution >= 4 is 16.9 Å². The number of carbonyl (C=O) groups is 1. The molecule has 0 spiro atoms. The summed E-state index contributed by atoms with van der Waals surface area (Å²) in [4.78, 5) is 31.2. The van der Waals surface area contributed by atoms with Crippen LogP contribution in [0.5, 0.6) is 11.5 Å². The largest absolute Gasteiger partial charge is 0.493 e. The van der Waals surface area contributed by atoms with Crippen LogP contribution in [0.1, 0.15) is 45.3 Å². The molecule has 1 unspecified atom stereocenters. The van der Waals surface area contributed by atoms with Crippen molar-refractivity contribution in [3.8, 4) is 11.5 Å². The second-order valence-corrected chi connectivity index (χ2v) is 9.17. The Morgan fingerprint density at radius 2 is 1.86 bits per heavy atom. The first kappa shape index (κ1) is 24.5. The minimum absolute atomic E-state index is 0.117. The molecular weight excluding hydrogens is 444 g/mol. The van der Waals surface area contributed by atoms with E-state index in [0.29, 0.717) is 41.2 Å². The van der Waals surface area contributed by atoms with E-state index >= 15 is 0 Å². The first-order chi connectivity index (χ1) is 16.8. The number of hydrogen-bond acceptors (Lipinski definition) is 6. The van der Waals surface area contributed by atoms with Crippen LogP contribution in [-0.2, 0) is 0 Å². The number of fused-ring (bicyclic) bond motifs is 2. The molecule has 3 aromatic rings. The lowest BCUT2D eigenvalue weighted by atomic mass is 9.97. The van der Waals surface area contributed by atoms with E-state index in [-0.39, 0.29) is 17.1 Å². The molecule has 1 aromatic heterocycles. The first-order valence-corrected chi connectivity index (χ1v) is 11.7. The van der Waals surface area contributed by atoms with Crippen LogP contribution in [0.25, 0.3) is 11.0 Å². The number of methoxy groups -OCH3 is 1. The molecule has 0 bridgehead atoms. The maximum absolute atomic E-state index is 13.8. The van der Waals surface area contributed by atoms with E-state index < -0.39 is 6.04 Å². The van der Waals surface area contributed by atoms with E-state index in [2.05, 4.69) is 11.5 Å². The molecule has 35 heavy (non-hydrogen) atoms. The average Bonchev–Trinajstić information content (AvgIpc) is 3.10. The summed E-state index contributed by atoms with van der Waals surface area (Å²) in [6, 6.07) is 8.60. The fourth-order valence-electron chi connectivity index (χ4n) is 4.53. The Morgan fingerprint density at radius 1 is 1.11 bits per heavy atom. The predicted molar refractivity (Wildman–Crippen MR) is 137 cm³/mol. The fraction of sp³-hybridized carbons (Fsp3) is 0.357. The quantitative estimate of drug-likeness (QED) is 0.424. The highest BCUT2D eigenvalue weighted by Gasteiger charge is 2.42. The summed E-state index contributed by atoms with van der Waals surface area (Å²) in [6.45, 7) is 9.24. The molecule has 1 aliphatic rings. The van der Waals surface area contributed by atoms with Crippen molar-refractivity contribution in [2.45, 2.75) is 26.3 Å². The van der Waals surface area contributed by atoms with Gasteiger partial charge in [0, 0.05) is 6.54 Å². The number of aryl methyl sites for hydroxylation is 2. The van der Waals surface area contributed by atoms with Crippen molar-refractivity contribution in [2.24, 2.45) is 0 Å². The Bertz CT molecular complexity index is 1340. The summed E-state index contributed by atoms with van der Waals surface area (Å²) in [6.07, 6.45) is 2.42. The number of benzene rings is 2. The first-order valence-electron chi connectivity index (χ1n) is 11.7. The standard InChI is InChI=1S/C28H32N2O5/c1-7-13-34-21-10-9-19(16-23(21)33-6)25-24-26(31)20-14-17(2)18(3)15-22(20)35-27(24)28(32)30(25)12-8-11-29(4)5/h7,9-10,14-16,25H,1,8,11-13H2,2-6H3. The van der Waals surface area contributed by atoms with Crippen molar-refractivity contribution < 1.29 is 18.7 Å². The maximum atomic E-state index is 13.8. The Morgan fingerprint density at radius 3 is 2.54 bits per heavy atom. The van der Waals surface area contributed by atoms with Crippen LogP contribution in [0.2, 0.25) is 0 Å². The molecule has 7 nitrogen and oxygen atoms in total. The third-order valence-electron chi connectivity index (χ3n) is 6.45. The molecular formula is C28H32N2O5. The predicted octanol–water partition coefficient (Wildman–Crippen LogP) is 4.48. The van der Waals surface area contributed by atoms with E-state index in [1.54, 1.807) is 24.2 Å². The van der Waals surface area contributed by atoms with Gasteiger partial charge in [0.25, 0.3) is 5.91 Å². The van der Waals surface area contributed by atoms with Gasteiger partial charge in [-0.05, 0) is 81.9 Å². The van der Waals surface area contributed by atoms with Gasteiger partial charge in [-0.1, -0.05) is 18.7 Å². The number of amides is 1.